The predicted octanol–water partition coefficient (Wildman–Crippen LogP) is 0.946. The van der Waals surface area contributed by atoms with E-state index in [4.69, 9.17) is 0 Å². The fourth-order valence-electron chi connectivity index (χ4n) is 1.19. The van der Waals surface area contributed by atoms with E-state index in [-0.39, 0.29) is 11.4 Å². The minimum atomic E-state index is -0.00944. The zero-order valence-electron chi connectivity index (χ0n) is 9.58. The molecule has 0 aliphatic carbocycles. The molecule has 0 aliphatic rings. The molecule has 0 radical (unpaired) electrons. The summed E-state index contributed by atoms with van der Waals surface area (Å²) in [6.07, 6.45) is 4.42. The van der Waals surface area contributed by atoms with Gasteiger partial charge in [-0.1, -0.05) is 13.0 Å². The van der Waals surface area contributed by atoms with Gasteiger partial charge >= 0.3 is 0 Å². The summed E-state index contributed by atoms with van der Waals surface area (Å²) in [6.45, 7) is 5.76. The summed E-state index contributed by atoms with van der Waals surface area (Å²) in [5, 5.41) is 2.86. The maximum atomic E-state index is 11.1. The van der Waals surface area contributed by atoms with E-state index >= 15 is 0 Å². The minimum Gasteiger partial charge on any atom is -0.870 e. The molecular weight excluding hydrogens is 180 g/mol. The lowest BCUT2D eigenvalue weighted by Crippen LogP contribution is -2.48. The Morgan fingerprint density at radius 2 is 2.00 bits per heavy atom. The molecule has 0 aromatic heterocycles. The highest BCUT2D eigenvalue weighted by atomic mass is 16.1. The third-order valence-electron chi connectivity index (χ3n) is 1.83. The molecule has 0 saturated carbocycles. The lowest BCUT2D eigenvalue weighted by Gasteiger charge is -2.28. The van der Waals surface area contributed by atoms with Crippen molar-refractivity contribution in [1.82, 2.24) is 5.32 Å². The molecule has 0 fully saturated rings. The van der Waals surface area contributed by atoms with Crippen molar-refractivity contribution in [3.8, 4) is 0 Å². The molecular formula is C10H22N2O2. The van der Waals surface area contributed by atoms with Gasteiger partial charge in [0.1, 0.15) is 0 Å². The van der Waals surface area contributed by atoms with Crippen LogP contribution in [0.5, 0.6) is 0 Å². The first-order valence-electron chi connectivity index (χ1n) is 4.74. The van der Waals surface area contributed by atoms with E-state index in [0.717, 1.165) is 17.4 Å². The Labute approximate surface area is 86.5 Å². The van der Waals surface area contributed by atoms with E-state index in [2.05, 4.69) is 26.3 Å². The molecule has 0 unspecified atom stereocenters. The van der Waals surface area contributed by atoms with E-state index in [1.54, 1.807) is 12.2 Å². The third-order valence-corrected chi connectivity index (χ3v) is 1.83. The highest BCUT2D eigenvalue weighted by Crippen LogP contribution is 1.95. The molecule has 0 aromatic carbocycles. The average Bonchev–Trinajstić information content (AvgIpc) is 2.02. The number of allylic oxidation sites excluding steroid dienone is 1. The Morgan fingerprint density at radius 1 is 1.43 bits per heavy atom. The molecule has 0 saturated heterocycles. The zero-order valence-corrected chi connectivity index (χ0v) is 9.58. The van der Waals surface area contributed by atoms with Gasteiger partial charge in [-0.15, -0.1) is 0 Å². The first-order chi connectivity index (χ1) is 6.02. The Kier molecular flexibility index (Phi) is 8.38. The van der Waals surface area contributed by atoms with Gasteiger partial charge in [-0.3, -0.25) is 4.79 Å². The van der Waals surface area contributed by atoms with Crippen molar-refractivity contribution >= 4 is 5.91 Å². The molecule has 0 aromatic rings. The first kappa shape index (κ1) is 15.6. The molecule has 0 aliphatic heterocycles. The van der Waals surface area contributed by atoms with Gasteiger partial charge in [0.25, 0.3) is 0 Å². The number of carbonyl (C=O) groups excluding carboxylic acids is 1. The van der Waals surface area contributed by atoms with Crippen LogP contribution in [0.1, 0.15) is 20.3 Å². The Hall–Kier alpha value is -0.870. The number of carbonyl (C=O) groups is 1. The summed E-state index contributed by atoms with van der Waals surface area (Å²) in [5.74, 6) is -0.00944. The van der Waals surface area contributed by atoms with Gasteiger partial charge in [0, 0.05) is 0 Å². The standard InChI is InChI=1S/C10H20N2O.H2O/c1-5-7-10(13)11-9-12(3,4)8-6-2;/h5,7H,6,8-9H2,1-4H3;1H2. The van der Waals surface area contributed by atoms with E-state index < -0.39 is 0 Å². The van der Waals surface area contributed by atoms with Crippen LogP contribution in [-0.4, -0.2) is 43.2 Å². The molecule has 2 N–H and O–H groups in total. The minimum absolute atomic E-state index is 0. The fourth-order valence-corrected chi connectivity index (χ4v) is 1.19. The maximum absolute atomic E-state index is 11.1. The van der Waals surface area contributed by atoms with Gasteiger partial charge in [0.2, 0.25) is 5.91 Å². The van der Waals surface area contributed by atoms with Crippen molar-refractivity contribution in [1.29, 1.82) is 0 Å². The molecule has 14 heavy (non-hydrogen) atoms. The maximum Gasteiger partial charge on any atom is 0.247 e. The summed E-state index contributed by atoms with van der Waals surface area (Å²) in [5.41, 5.74) is 0. The monoisotopic (exact) mass is 202 g/mol. The molecule has 4 nitrogen and oxygen atoms in total. The van der Waals surface area contributed by atoms with Gasteiger partial charge in [-0.25, -0.2) is 0 Å². The number of rotatable bonds is 5. The van der Waals surface area contributed by atoms with Crippen LogP contribution in [-0.2, 0) is 4.79 Å². The molecule has 0 bridgehead atoms. The molecule has 0 atom stereocenters. The van der Waals surface area contributed by atoms with Crippen LogP contribution in [0.2, 0.25) is 0 Å². The van der Waals surface area contributed by atoms with Crippen molar-refractivity contribution in [2.24, 2.45) is 0 Å². The van der Waals surface area contributed by atoms with Crippen LogP contribution in [0.15, 0.2) is 12.2 Å². The summed E-state index contributed by atoms with van der Waals surface area (Å²) in [7, 11) is 4.22. The van der Waals surface area contributed by atoms with E-state index in [0.29, 0.717) is 6.67 Å². The molecule has 0 rings (SSSR count). The largest absolute Gasteiger partial charge is 0.870 e. The SMILES string of the molecule is CC=CC(=O)NC[N+](C)(C)CCC.[OH-]. The lowest BCUT2D eigenvalue weighted by molar-refractivity contribution is -0.892. The van der Waals surface area contributed by atoms with Crippen LogP contribution < -0.4 is 5.32 Å². The second-order valence-electron chi connectivity index (χ2n) is 3.86. The van der Waals surface area contributed by atoms with E-state index in [1.807, 2.05) is 6.92 Å². The second kappa shape index (κ2) is 7.53. The predicted molar refractivity (Wildman–Crippen MR) is 57.0 cm³/mol. The number of quaternary nitrogens is 1. The van der Waals surface area contributed by atoms with Gasteiger partial charge in [-0.2, -0.15) is 0 Å². The van der Waals surface area contributed by atoms with Crippen LogP contribution >= 0.6 is 0 Å². The molecule has 84 valence electrons. The number of amides is 1. The van der Waals surface area contributed by atoms with Gasteiger partial charge in [0.05, 0.1) is 20.6 Å². The van der Waals surface area contributed by atoms with Crippen LogP contribution in [0, 0.1) is 0 Å². The van der Waals surface area contributed by atoms with Gasteiger partial charge in [-0.05, 0) is 19.4 Å². The Morgan fingerprint density at radius 3 is 2.43 bits per heavy atom. The highest BCUT2D eigenvalue weighted by molar-refractivity contribution is 5.87. The molecule has 4 heteroatoms. The van der Waals surface area contributed by atoms with Crippen molar-refractivity contribution in [2.45, 2.75) is 20.3 Å². The van der Waals surface area contributed by atoms with Crippen molar-refractivity contribution in [3.63, 3.8) is 0 Å². The smallest absolute Gasteiger partial charge is 0.247 e. The summed E-state index contributed by atoms with van der Waals surface area (Å²) >= 11 is 0. The van der Waals surface area contributed by atoms with Gasteiger partial charge < -0.3 is 15.3 Å². The van der Waals surface area contributed by atoms with Crippen molar-refractivity contribution in [2.75, 3.05) is 27.3 Å². The number of hydrogen-bond acceptors (Lipinski definition) is 2. The zero-order chi connectivity index (χ0) is 10.3. The van der Waals surface area contributed by atoms with Crippen molar-refractivity contribution in [3.05, 3.63) is 12.2 Å². The fraction of sp³-hybridized carbons (Fsp3) is 0.700. The normalized spacial score (nSPS) is 11.1. The van der Waals surface area contributed by atoms with Crippen molar-refractivity contribution < 1.29 is 14.8 Å². The lowest BCUT2D eigenvalue weighted by atomic mass is 10.4. The quantitative estimate of drug-likeness (QED) is 0.410. The second-order valence-corrected chi connectivity index (χ2v) is 3.86. The summed E-state index contributed by atoms with van der Waals surface area (Å²) in [4.78, 5) is 11.1. The van der Waals surface area contributed by atoms with Crippen LogP contribution in [0.25, 0.3) is 0 Å². The van der Waals surface area contributed by atoms with Crippen LogP contribution in [0.3, 0.4) is 0 Å². The highest BCUT2D eigenvalue weighted by Gasteiger charge is 2.13. The number of nitrogens with one attached hydrogen (secondary N) is 1. The summed E-state index contributed by atoms with van der Waals surface area (Å²) < 4.78 is 0.833. The van der Waals surface area contributed by atoms with Gasteiger partial charge in [0.15, 0.2) is 6.67 Å². The molecule has 0 heterocycles. The summed E-state index contributed by atoms with van der Waals surface area (Å²) in [6, 6.07) is 0. The third kappa shape index (κ3) is 7.76. The Bertz CT molecular complexity index is 189. The van der Waals surface area contributed by atoms with E-state index in [1.165, 1.54) is 0 Å². The topological polar surface area (TPSA) is 59.1 Å². The molecule has 1 amide bonds. The average molecular weight is 202 g/mol. The van der Waals surface area contributed by atoms with Crippen LogP contribution in [0.4, 0.5) is 0 Å². The van der Waals surface area contributed by atoms with E-state index in [9.17, 15) is 4.79 Å². The Balaban J connectivity index is 0. The number of nitrogens with zero attached hydrogens (tertiary/aromatic N) is 1. The first-order valence-corrected chi connectivity index (χ1v) is 4.74. The number of hydrogen-bond donors (Lipinski definition) is 1. The molecule has 0 spiro atoms.